The second-order valence-corrected chi connectivity index (χ2v) is 26.1. The Morgan fingerprint density at radius 2 is 1.73 bits per heavy atom. The number of rotatable bonds is 11. The standard InChI is InChI=1S/C49H67F2N5O6Si/c1-30(2)63(31(3)4,32(5)6)19-16-38-41(51)15-12-33-20-37(61-29-58-10)21-39(44(33)38)43-22-42-40(27-59-43)45(53-46(52-42)60-28-49-17-11-18-55(49)24-34(50)23-49)54-25-35-13-14-36(26-54)56(35)47(57)62-48(7,8)9/h12,15,20-21,30-32,34-36,43H,11,13-14,17-18,22-29H2,1-10H3/t34-,35?,36?,43?,49+/m1/s1. The molecule has 0 radical (unpaired) electrons. The van der Waals surface area contributed by atoms with E-state index in [9.17, 15) is 9.18 Å². The maximum Gasteiger partial charge on any atom is 0.410 e. The van der Waals surface area contributed by atoms with Crippen LogP contribution in [0.3, 0.4) is 0 Å². The average molecular weight is 888 g/mol. The Balaban J connectivity index is 1.20. The number of aromatic nitrogens is 2. The molecule has 4 fully saturated rings. The van der Waals surface area contributed by atoms with E-state index >= 15 is 4.39 Å². The summed E-state index contributed by atoms with van der Waals surface area (Å²) in [4.78, 5) is 30.1. The first-order valence-corrected chi connectivity index (χ1v) is 25.4. The van der Waals surface area contributed by atoms with E-state index in [1.54, 1.807) is 13.2 Å². The Hall–Kier alpha value is -4.03. The number of piperazine rings is 1. The van der Waals surface area contributed by atoms with Gasteiger partial charge in [-0.2, -0.15) is 9.97 Å². The quantitative estimate of drug-likeness (QED) is 0.105. The zero-order chi connectivity index (χ0) is 45.0. The number of amides is 1. The van der Waals surface area contributed by atoms with Crippen LogP contribution in [-0.4, -0.2) is 110 Å². The minimum atomic E-state index is -2.23. The largest absolute Gasteiger partial charge is 0.468 e. The van der Waals surface area contributed by atoms with Crippen molar-refractivity contribution in [2.24, 2.45) is 0 Å². The number of anilines is 1. The van der Waals surface area contributed by atoms with Crippen LogP contribution in [-0.2, 0) is 27.2 Å². The normalized spacial score (nSPS) is 24.9. The molecule has 5 aliphatic rings. The lowest BCUT2D eigenvalue weighted by Gasteiger charge is -2.42. The monoisotopic (exact) mass is 887 g/mol. The van der Waals surface area contributed by atoms with Crippen LogP contribution in [0.25, 0.3) is 10.8 Å². The van der Waals surface area contributed by atoms with Gasteiger partial charge < -0.3 is 28.6 Å². The molecule has 0 aliphatic carbocycles. The highest BCUT2D eigenvalue weighted by atomic mass is 28.3. The molecule has 0 spiro atoms. The van der Waals surface area contributed by atoms with Gasteiger partial charge in [-0.3, -0.25) is 9.80 Å². The summed E-state index contributed by atoms with van der Waals surface area (Å²) in [6.45, 7) is 22.2. The van der Waals surface area contributed by atoms with Crippen LogP contribution in [0, 0.1) is 17.3 Å². The van der Waals surface area contributed by atoms with Crippen molar-refractivity contribution in [2.45, 2.75) is 160 Å². The minimum Gasteiger partial charge on any atom is -0.468 e. The highest BCUT2D eigenvalue weighted by Crippen LogP contribution is 2.45. The van der Waals surface area contributed by atoms with Gasteiger partial charge in [0.05, 0.1) is 41.6 Å². The molecule has 8 rings (SSSR count). The molecule has 11 nitrogen and oxygen atoms in total. The molecule has 0 saturated carbocycles. The number of alkyl halides is 1. The number of methoxy groups -OCH3 is 1. The molecule has 0 N–H and O–H groups in total. The van der Waals surface area contributed by atoms with Gasteiger partial charge in [-0.1, -0.05) is 53.5 Å². The molecule has 3 unspecified atom stereocenters. The molecule has 4 saturated heterocycles. The summed E-state index contributed by atoms with van der Waals surface area (Å²) in [6, 6.07) is 7.26. The third-order valence-corrected chi connectivity index (χ3v) is 20.8. The van der Waals surface area contributed by atoms with Crippen LogP contribution in [0.2, 0.25) is 16.6 Å². The fraction of sp³-hybridized carbons (Fsp3) is 0.653. The lowest BCUT2D eigenvalue weighted by atomic mass is 9.91. The Morgan fingerprint density at radius 3 is 2.40 bits per heavy atom. The van der Waals surface area contributed by atoms with E-state index < -0.39 is 26.0 Å². The van der Waals surface area contributed by atoms with Crippen LogP contribution < -0.4 is 14.4 Å². The second-order valence-electron chi connectivity index (χ2n) is 20.5. The van der Waals surface area contributed by atoms with Crippen LogP contribution in [0.5, 0.6) is 11.8 Å². The number of carbonyl (C=O) groups excluding carboxylic acids is 1. The van der Waals surface area contributed by atoms with Crippen molar-refractivity contribution in [3.63, 3.8) is 0 Å². The van der Waals surface area contributed by atoms with E-state index in [-0.39, 0.29) is 48.9 Å². The van der Waals surface area contributed by atoms with Gasteiger partial charge >= 0.3 is 12.1 Å². The molecule has 1 aromatic heterocycles. The van der Waals surface area contributed by atoms with Gasteiger partial charge in [0, 0.05) is 50.5 Å². The number of hydrogen-bond acceptors (Lipinski definition) is 10. The van der Waals surface area contributed by atoms with Crippen LogP contribution >= 0.6 is 0 Å². The summed E-state index contributed by atoms with van der Waals surface area (Å²) in [7, 11) is -0.652. The van der Waals surface area contributed by atoms with Gasteiger partial charge in [0.1, 0.15) is 43.8 Å². The molecule has 5 atom stereocenters. The van der Waals surface area contributed by atoms with E-state index in [1.165, 1.54) is 6.07 Å². The zero-order valence-electron chi connectivity index (χ0n) is 39.0. The van der Waals surface area contributed by atoms with E-state index in [1.807, 2.05) is 37.8 Å². The van der Waals surface area contributed by atoms with Crippen LogP contribution in [0.4, 0.5) is 19.4 Å². The van der Waals surface area contributed by atoms with Crippen molar-refractivity contribution < 1.29 is 37.3 Å². The Labute approximate surface area is 373 Å². The number of ether oxygens (including phenoxy) is 5. The molecule has 63 heavy (non-hydrogen) atoms. The Bertz CT molecular complexity index is 2220. The smallest absolute Gasteiger partial charge is 0.410 e. The third-order valence-electron chi connectivity index (χ3n) is 14.5. The second kappa shape index (κ2) is 17.7. The molecule has 5 aliphatic heterocycles. The van der Waals surface area contributed by atoms with Gasteiger partial charge in [0.2, 0.25) is 0 Å². The molecule has 342 valence electrons. The molecule has 3 aromatic rings. The van der Waals surface area contributed by atoms with Crippen LogP contribution in [0.1, 0.15) is 123 Å². The number of benzene rings is 2. The van der Waals surface area contributed by atoms with E-state index in [0.29, 0.717) is 72.4 Å². The van der Waals surface area contributed by atoms with Crippen molar-refractivity contribution in [2.75, 3.05) is 51.6 Å². The van der Waals surface area contributed by atoms with Crippen molar-refractivity contribution >= 4 is 30.8 Å². The van der Waals surface area contributed by atoms with Gasteiger partial charge in [-0.15, -0.1) is 5.54 Å². The topological polar surface area (TPSA) is 98.7 Å². The van der Waals surface area contributed by atoms with Gasteiger partial charge in [-0.05, 0) is 98.8 Å². The number of carbonyl (C=O) groups is 1. The summed E-state index contributed by atoms with van der Waals surface area (Å²) in [5.74, 6) is 4.38. The average Bonchev–Trinajstić information content (AvgIpc) is 3.84. The lowest BCUT2D eigenvalue weighted by Crippen LogP contribution is -2.57. The Morgan fingerprint density at radius 1 is 1.02 bits per heavy atom. The highest BCUT2D eigenvalue weighted by Gasteiger charge is 2.50. The summed E-state index contributed by atoms with van der Waals surface area (Å²) in [6.07, 6.45) is 2.66. The summed E-state index contributed by atoms with van der Waals surface area (Å²) in [5.41, 5.74) is 6.66. The lowest BCUT2D eigenvalue weighted by molar-refractivity contribution is 0.0118. The summed E-state index contributed by atoms with van der Waals surface area (Å²) in [5, 5.41) is 1.49. The van der Waals surface area contributed by atoms with E-state index in [4.69, 9.17) is 33.7 Å². The minimum absolute atomic E-state index is 0.0426. The number of fused-ring (bicyclic) bond motifs is 5. The van der Waals surface area contributed by atoms with Gasteiger partial charge in [-0.25, -0.2) is 13.6 Å². The number of nitrogens with zero attached hydrogens (tertiary/aromatic N) is 5. The number of halogens is 2. The summed E-state index contributed by atoms with van der Waals surface area (Å²) >= 11 is 0. The maximum absolute atomic E-state index is 16.4. The maximum atomic E-state index is 16.4. The van der Waals surface area contributed by atoms with E-state index in [0.717, 1.165) is 60.3 Å². The first-order valence-electron chi connectivity index (χ1n) is 23.1. The van der Waals surface area contributed by atoms with Crippen molar-refractivity contribution in [3.8, 4) is 23.2 Å². The number of hydrogen-bond donors (Lipinski definition) is 0. The molecular formula is C49H67F2N5O6Si. The highest BCUT2D eigenvalue weighted by molar-refractivity contribution is 6.90. The van der Waals surface area contributed by atoms with E-state index in [2.05, 4.69) is 62.8 Å². The SMILES string of the molecule is COCOc1cc(C2Cc3nc(OC[C@@]45CCCN4C[C@H](F)C5)nc(N4CC5CCC(C4)N5C(=O)OC(C)(C)C)c3CO2)c2c(C#C[Si](C(C)C)(C(C)C)C(C)C)c(F)ccc2c1. The third kappa shape index (κ3) is 8.76. The summed E-state index contributed by atoms with van der Waals surface area (Å²) < 4.78 is 61.8. The predicted molar refractivity (Wildman–Crippen MR) is 243 cm³/mol. The first-order chi connectivity index (χ1) is 29.9. The Kier molecular flexibility index (Phi) is 12.8. The molecule has 2 aromatic carbocycles. The van der Waals surface area contributed by atoms with Gasteiger partial charge in [0.25, 0.3) is 0 Å². The van der Waals surface area contributed by atoms with Crippen LogP contribution in [0.15, 0.2) is 24.3 Å². The van der Waals surface area contributed by atoms with Crippen molar-refractivity contribution in [1.82, 2.24) is 19.8 Å². The molecular weight excluding hydrogens is 821 g/mol. The fourth-order valence-corrected chi connectivity index (χ4v) is 16.9. The zero-order valence-corrected chi connectivity index (χ0v) is 40.0. The molecule has 6 heterocycles. The fourth-order valence-electron chi connectivity index (χ4n) is 11.7. The molecule has 1 amide bonds. The first kappa shape index (κ1) is 45.5. The van der Waals surface area contributed by atoms with Gasteiger partial charge in [0.15, 0.2) is 6.79 Å². The molecule has 14 heteroatoms. The van der Waals surface area contributed by atoms with Crippen molar-refractivity contribution in [1.29, 1.82) is 0 Å². The molecule has 2 bridgehead atoms. The van der Waals surface area contributed by atoms with Crippen molar-refractivity contribution in [3.05, 3.63) is 52.5 Å². The predicted octanol–water partition coefficient (Wildman–Crippen LogP) is 9.68.